The Morgan fingerprint density at radius 1 is 0.328 bits per heavy atom. The van der Waals surface area contributed by atoms with Crippen molar-refractivity contribution in [3.05, 3.63) is 270 Å². The second-order valence-corrected chi connectivity index (χ2v) is 17.2. The lowest BCUT2D eigenvalue weighted by Gasteiger charge is -2.32. The standard InChI is InChI=1S/C62H42N2/c1-4-18-42(19-5-1)43-32-33-45(55(38-43)44-34-36-54-53-27-13-17-31-60(53)64(61(54)39-44)47-22-8-3-9-23-47)41-63(46-20-6-2-7-21-46)48-35-37-52-51-26-12-16-30-58(51)62(59(52)40-48)56-28-14-10-24-49(56)50-25-11-15-29-57(50)62/h1-40H,41H2. The molecule has 2 heteroatoms. The van der Waals surface area contributed by atoms with Crippen molar-refractivity contribution in [2.24, 2.45) is 0 Å². The van der Waals surface area contributed by atoms with Crippen LogP contribution in [-0.2, 0) is 12.0 Å². The Morgan fingerprint density at radius 2 is 0.875 bits per heavy atom. The topological polar surface area (TPSA) is 8.17 Å². The lowest BCUT2D eigenvalue weighted by atomic mass is 9.70. The lowest BCUT2D eigenvalue weighted by molar-refractivity contribution is 0.792. The van der Waals surface area contributed by atoms with Gasteiger partial charge in [-0.1, -0.05) is 188 Å². The van der Waals surface area contributed by atoms with Gasteiger partial charge in [0, 0.05) is 34.4 Å². The largest absolute Gasteiger partial charge is 0.337 e. The fraction of sp³-hybridized carbons (Fsp3) is 0.0323. The van der Waals surface area contributed by atoms with Crippen LogP contribution in [0.15, 0.2) is 243 Å². The highest BCUT2D eigenvalue weighted by Gasteiger charge is 2.51. The van der Waals surface area contributed by atoms with Crippen molar-refractivity contribution in [1.29, 1.82) is 0 Å². The van der Waals surface area contributed by atoms with Gasteiger partial charge in [-0.15, -0.1) is 0 Å². The predicted octanol–water partition coefficient (Wildman–Crippen LogP) is 15.8. The second-order valence-electron chi connectivity index (χ2n) is 17.2. The molecule has 0 saturated heterocycles. The summed E-state index contributed by atoms with van der Waals surface area (Å²) in [7, 11) is 0. The van der Waals surface area contributed by atoms with Crippen LogP contribution in [-0.4, -0.2) is 4.57 Å². The van der Waals surface area contributed by atoms with E-state index in [-0.39, 0.29) is 0 Å². The molecule has 0 unspecified atom stereocenters. The third-order valence-corrected chi connectivity index (χ3v) is 13.9. The Bertz CT molecular complexity index is 3520. The molecule has 1 heterocycles. The Morgan fingerprint density at radius 3 is 1.56 bits per heavy atom. The Labute approximate surface area is 373 Å². The first-order chi connectivity index (χ1) is 31.8. The second kappa shape index (κ2) is 14.4. The molecule has 2 aliphatic rings. The maximum atomic E-state index is 2.52. The van der Waals surface area contributed by atoms with Crippen LogP contribution >= 0.6 is 0 Å². The number of nitrogens with zero attached hydrogens (tertiary/aromatic N) is 2. The highest BCUT2D eigenvalue weighted by molar-refractivity contribution is 6.10. The van der Waals surface area contributed by atoms with E-state index < -0.39 is 5.41 Å². The fourth-order valence-corrected chi connectivity index (χ4v) is 11.1. The zero-order chi connectivity index (χ0) is 42.2. The molecule has 2 aliphatic carbocycles. The van der Waals surface area contributed by atoms with Crippen LogP contribution in [0.5, 0.6) is 0 Å². The van der Waals surface area contributed by atoms with E-state index in [1.807, 2.05) is 0 Å². The summed E-state index contributed by atoms with van der Waals surface area (Å²) in [5.41, 5.74) is 22.2. The zero-order valence-electron chi connectivity index (χ0n) is 35.2. The Hall–Kier alpha value is -8.20. The summed E-state index contributed by atoms with van der Waals surface area (Å²) in [5, 5.41) is 2.50. The van der Waals surface area contributed by atoms with E-state index >= 15 is 0 Å². The first-order valence-corrected chi connectivity index (χ1v) is 22.3. The lowest BCUT2D eigenvalue weighted by Crippen LogP contribution is -2.26. The van der Waals surface area contributed by atoms with Gasteiger partial charge in [0.05, 0.1) is 16.4 Å². The van der Waals surface area contributed by atoms with E-state index in [2.05, 4.69) is 252 Å². The third kappa shape index (κ3) is 5.39. The van der Waals surface area contributed by atoms with Crippen molar-refractivity contribution in [3.63, 3.8) is 0 Å². The smallest absolute Gasteiger partial charge is 0.0726 e. The average Bonchev–Trinajstić information content (AvgIpc) is 3.98. The normalized spacial score (nSPS) is 12.9. The van der Waals surface area contributed by atoms with Crippen LogP contribution in [0.2, 0.25) is 0 Å². The van der Waals surface area contributed by atoms with Crippen LogP contribution in [0.1, 0.15) is 27.8 Å². The summed E-state index contributed by atoms with van der Waals surface area (Å²) in [6.07, 6.45) is 0. The van der Waals surface area contributed by atoms with Gasteiger partial charge in [-0.3, -0.25) is 0 Å². The molecule has 0 bridgehead atoms. The van der Waals surface area contributed by atoms with Gasteiger partial charge in [-0.05, 0) is 127 Å². The van der Waals surface area contributed by atoms with E-state index in [1.165, 1.54) is 94.1 Å². The van der Waals surface area contributed by atoms with Crippen LogP contribution in [0.3, 0.4) is 0 Å². The van der Waals surface area contributed by atoms with Crippen molar-refractivity contribution in [3.8, 4) is 50.2 Å². The molecule has 10 aromatic carbocycles. The number of hydrogen-bond acceptors (Lipinski definition) is 1. The summed E-state index contributed by atoms with van der Waals surface area (Å²) in [6, 6.07) is 89.8. The third-order valence-electron chi connectivity index (χ3n) is 13.9. The van der Waals surface area contributed by atoms with E-state index in [1.54, 1.807) is 0 Å². The molecular formula is C62H42N2. The molecule has 300 valence electrons. The number of benzene rings is 10. The number of fused-ring (bicyclic) bond motifs is 13. The summed E-state index contributed by atoms with van der Waals surface area (Å²) < 4.78 is 2.42. The Kier molecular flexibility index (Phi) is 8.23. The molecule has 0 saturated carbocycles. The number of rotatable bonds is 7. The van der Waals surface area contributed by atoms with Gasteiger partial charge in [-0.2, -0.15) is 0 Å². The van der Waals surface area contributed by atoms with Crippen LogP contribution in [0, 0.1) is 0 Å². The molecule has 0 radical (unpaired) electrons. The van der Waals surface area contributed by atoms with Crippen molar-refractivity contribution >= 4 is 33.2 Å². The molecule has 1 spiro atoms. The quantitative estimate of drug-likeness (QED) is 0.156. The monoisotopic (exact) mass is 814 g/mol. The highest BCUT2D eigenvalue weighted by Crippen LogP contribution is 2.63. The highest BCUT2D eigenvalue weighted by atomic mass is 15.1. The minimum absolute atomic E-state index is 0.424. The van der Waals surface area contributed by atoms with Crippen molar-refractivity contribution < 1.29 is 0 Å². The van der Waals surface area contributed by atoms with Gasteiger partial charge < -0.3 is 9.47 Å². The van der Waals surface area contributed by atoms with Crippen LogP contribution in [0.25, 0.3) is 72.0 Å². The van der Waals surface area contributed by atoms with Gasteiger partial charge in [0.15, 0.2) is 0 Å². The first-order valence-electron chi connectivity index (χ1n) is 22.3. The fourth-order valence-electron chi connectivity index (χ4n) is 11.1. The molecule has 0 amide bonds. The maximum Gasteiger partial charge on any atom is 0.0726 e. The summed E-state index contributed by atoms with van der Waals surface area (Å²) in [5.74, 6) is 0. The van der Waals surface area contributed by atoms with Gasteiger partial charge in [0.2, 0.25) is 0 Å². The van der Waals surface area contributed by atoms with Crippen LogP contribution < -0.4 is 4.90 Å². The minimum Gasteiger partial charge on any atom is -0.337 e. The minimum atomic E-state index is -0.424. The van der Waals surface area contributed by atoms with Gasteiger partial charge in [0.25, 0.3) is 0 Å². The molecule has 2 nitrogen and oxygen atoms in total. The van der Waals surface area contributed by atoms with Crippen molar-refractivity contribution in [2.75, 3.05) is 4.90 Å². The molecule has 0 atom stereocenters. The molecule has 0 fully saturated rings. The number of para-hydroxylation sites is 3. The van der Waals surface area contributed by atoms with Gasteiger partial charge in [-0.25, -0.2) is 0 Å². The first kappa shape index (κ1) is 36.5. The van der Waals surface area contributed by atoms with Gasteiger partial charge in [0.1, 0.15) is 0 Å². The summed E-state index contributed by atoms with van der Waals surface area (Å²) >= 11 is 0. The number of anilines is 2. The van der Waals surface area contributed by atoms with E-state index in [9.17, 15) is 0 Å². The summed E-state index contributed by atoms with van der Waals surface area (Å²) in [6.45, 7) is 0.667. The SMILES string of the molecule is c1ccc(-c2ccc(CN(c3ccccc3)c3ccc4c(c3)C3(c5ccccc5-c5ccccc53)c3ccccc3-4)c(-c3ccc4c5ccccc5n(-c5ccccc5)c4c3)c2)cc1. The van der Waals surface area contributed by atoms with E-state index in [0.717, 1.165) is 17.1 Å². The number of aromatic nitrogens is 1. The maximum absolute atomic E-state index is 2.52. The average molecular weight is 815 g/mol. The van der Waals surface area contributed by atoms with Crippen molar-refractivity contribution in [1.82, 2.24) is 4.57 Å². The molecule has 11 aromatic rings. The van der Waals surface area contributed by atoms with Gasteiger partial charge >= 0.3 is 0 Å². The molecule has 1 aromatic heterocycles. The predicted molar refractivity (Wildman–Crippen MR) is 267 cm³/mol. The Balaban J connectivity index is 1.02. The van der Waals surface area contributed by atoms with E-state index in [4.69, 9.17) is 0 Å². The molecular weight excluding hydrogens is 773 g/mol. The summed E-state index contributed by atoms with van der Waals surface area (Å²) in [4.78, 5) is 2.52. The number of hydrogen-bond donors (Lipinski definition) is 0. The molecule has 13 rings (SSSR count). The zero-order valence-corrected chi connectivity index (χ0v) is 35.2. The van der Waals surface area contributed by atoms with E-state index in [0.29, 0.717) is 6.54 Å². The van der Waals surface area contributed by atoms with Crippen molar-refractivity contribution in [2.45, 2.75) is 12.0 Å². The molecule has 0 aliphatic heterocycles. The molecule has 0 N–H and O–H groups in total. The van der Waals surface area contributed by atoms with Crippen LogP contribution in [0.4, 0.5) is 11.4 Å². The molecule has 64 heavy (non-hydrogen) atoms.